The maximum atomic E-state index is 11.9. The summed E-state index contributed by atoms with van der Waals surface area (Å²) < 4.78 is 5.94. The molecule has 0 unspecified atom stereocenters. The summed E-state index contributed by atoms with van der Waals surface area (Å²) in [6.07, 6.45) is 4.18. The van der Waals surface area contributed by atoms with E-state index >= 15 is 0 Å². The average Bonchev–Trinajstić information content (AvgIpc) is 2.94. The van der Waals surface area contributed by atoms with E-state index in [1.54, 1.807) is 0 Å². The van der Waals surface area contributed by atoms with Crippen LogP contribution in [0.15, 0.2) is 10.9 Å². The summed E-state index contributed by atoms with van der Waals surface area (Å²) >= 11 is 0. The normalized spacial score (nSPS) is 11.7. The third-order valence-electron chi connectivity index (χ3n) is 4.13. The smallest absolute Gasteiger partial charge is 0.226 e. The van der Waals surface area contributed by atoms with E-state index in [1.807, 2.05) is 0 Å². The molecule has 0 saturated carbocycles. The SMILES string of the molecule is CC[N+](CC)(CC)CCC(=O)CCCc1ncno1. The molecule has 0 fully saturated rings. The number of rotatable bonds is 10. The Balaban J connectivity index is 2.23. The number of carbonyl (C=O) groups is 1. The van der Waals surface area contributed by atoms with Crippen molar-refractivity contribution in [2.24, 2.45) is 0 Å². The molecular weight excluding hydrogens is 242 g/mol. The Kier molecular flexibility index (Phi) is 6.70. The summed E-state index contributed by atoms with van der Waals surface area (Å²) in [5.41, 5.74) is 0. The van der Waals surface area contributed by atoms with E-state index in [0.717, 1.165) is 37.1 Å². The van der Waals surface area contributed by atoms with Crippen LogP contribution in [-0.4, -0.2) is 46.6 Å². The molecule has 1 aromatic rings. The standard InChI is InChI=1S/C14H26N3O2/c1-4-17(5-2,6-3)11-10-13(18)8-7-9-14-15-12-16-19-14/h12H,4-11H2,1-3H3/q+1. The van der Waals surface area contributed by atoms with Crippen molar-refractivity contribution < 1.29 is 13.8 Å². The number of carbonyl (C=O) groups excluding carboxylic acids is 1. The van der Waals surface area contributed by atoms with Crippen LogP contribution in [0.2, 0.25) is 0 Å². The number of aryl methyl sites for hydroxylation is 1. The zero-order valence-corrected chi connectivity index (χ0v) is 12.4. The molecule has 5 nitrogen and oxygen atoms in total. The van der Waals surface area contributed by atoms with Gasteiger partial charge in [0.15, 0.2) is 6.33 Å². The second-order valence-corrected chi connectivity index (χ2v) is 4.99. The largest absolute Gasteiger partial charge is 0.340 e. The lowest BCUT2D eigenvalue weighted by atomic mass is 10.1. The summed E-state index contributed by atoms with van der Waals surface area (Å²) in [7, 11) is 0. The molecule has 5 heteroatoms. The van der Waals surface area contributed by atoms with Crippen LogP contribution < -0.4 is 0 Å². The van der Waals surface area contributed by atoms with Crippen LogP contribution in [0.1, 0.15) is 45.9 Å². The van der Waals surface area contributed by atoms with Crippen molar-refractivity contribution in [3.05, 3.63) is 12.2 Å². The van der Waals surface area contributed by atoms with Crippen LogP contribution in [0.25, 0.3) is 0 Å². The summed E-state index contributed by atoms with van der Waals surface area (Å²) in [6, 6.07) is 0. The van der Waals surface area contributed by atoms with E-state index in [9.17, 15) is 4.79 Å². The van der Waals surface area contributed by atoms with Crippen LogP contribution >= 0.6 is 0 Å². The Hall–Kier alpha value is -1.23. The maximum absolute atomic E-state index is 11.9. The highest BCUT2D eigenvalue weighted by molar-refractivity contribution is 5.78. The van der Waals surface area contributed by atoms with Crippen LogP contribution in [0.4, 0.5) is 0 Å². The van der Waals surface area contributed by atoms with Gasteiger partial charge in [0.2, 0.25) is 5.89 Å². The minimum absolute atomic E-state index is 0.345. The molecule has 1 heterocycles. The first-order valence-corrected chi connectivity index (χ1v) is 7.28. The zero-order valence-electron chi connectivity index (χ0n) is 12.4. The van der Waals surface area contributed by atoms with E-state index in [2.05, 4.69) is 30.9 Å². The van der Waals surface area contributed by atoms with Gasteiger partial charge in [-0.05, 0) is 27.2 Å². The number of quaternary nitrogens is 1. The number of ketones is 1. The molecule has 0 N–H and O–H groups in total. The third kappa shape index (κ3) is 5.11. The Morgan fingerprint density at radius 3 is 2.42 bits per heavy atom. The molecular formula is C14H26N3O2+. The van der Waals surface area contributed by atoms with Crippen LogP contribution in [0.5, 0.6) is 0 Å². The molecule has 108 valence electrons. The topological polar surface area (TPSA) is 56.0 Å². The van der Waals surface area contributed by atoms with Gasteiger partial charge in [0.25, 0.3) is 0 Å². The van der Waals surface area contributed by atoms with Crippen molar-refractivity contribution in [1.29, 1.82) is 0 Å². The predicted molar refractivity (Wildman–Crippen MR) is 73.6 cm³/mol. The van der Waals surface area contributed by atoms with Crippen molar-refractivity contribution in [3.63, 3.8) is 0 Å². The minimum atomic E-state index is 0.345. The molecule has 0 amide bonds. The number of Topliss-reactive ketones (excluding diaryl/α,β-unsaturated/α-hetero) is 1. The Morgan fingerprint density at radius 2 is 1.89 bits per heavy atom. The maximum Gasteiger partial charge on any atom is 0.226 e. The molecule has 0 bridgehead atoms. The lowest BCUT2D eigenvalue weighted by Crippen LogP contribution is -2.48. The lowest BCUT2D eigenvalue weighted by molar-refractivity contribution is -0.922. The first kappa shape index (κ1) is 15.8. The summed E-state index contributed by atoms with van der Waals surface area (Å²) in [5.74, 6) is 0.964. The van der Waals surface area contributed by atoms with Gasteiger partial charge in [-0.2, -0.15) is 4.98 Å². The van der Waals surface area contributed by atoms with E-state index in [4.69, 9.17) is 4.52 Å². The summed E-state index contributed by atoms with van der Waals surface area (Å²) in [5, 5.41) is 3.55. The third-order valence-corrected chi connectivity index (χ3v) is 4.13. The quantitative estimate of drug-likeness (QED) is 0.611. The van der Waals surface area contributed by atoms with Gasteiger partial charge in [-0.3, -0.25) is 4.79 Å². The minimum Gasteiger partial charge on any atom is -0.340 e. The van der Waals surface area contributed by atoms with E-state index in [-0.39, 0.29) is 0 Å². The summed E-state index contributed by atoms with van der Waals surface area (Å²) in [4.78, 5) is 15.8. The Morgan fingerprint density at radius 1 is 1.21 bits per heavy atom. The lowest BCUT2D eigenvalue weighted by Gasteiger charge is -2.35. The van der Waals surface area contributed by atoms with Gasteiger partial charge in [0, 0.05) is 12.8 Å². The molecule has 19 heavy (non-hydrogen) atoms. The number of hydrogen-bond acceptors (Lipinski definition) is 4. The van der Waals surface area contributed by atoms with Crippen molar-refractivity contribution in [2.45, 2.75) is 46.5 Å². The molecule has 0 aromatic carbocycles. The van der Waals surface area contributed by atoms with Gasteiger partial charge in [-0.1, -0.05) is 5.16 Å². The second-order valence-electron chi connectivity index (χ2n) is 4.99. The van der Waals surface area contributed by atoms with Gasteiger partial charge < -0.3 is 9.01 Å². The van der Waals surface area contributed by atoms with Crippen molar-refractivity contribution in [2.75, 3.05) is 26.2 Å². The Bertz CT molecular complexity index is 351. The molecule has 0 aliphatic rings. The number of hydrogen-bond donors (Lipinski definition) is 0. The average molecular weight is 268 g/mol. The predicted octanol–water partition coefficient (Wildman–Crippen LogP) is 2.23. The molecule has 0 atom stereocenters. The van der Waals surface area contributed by atoms with Crippen LogP contribution in [0.3, 0.4) is 0 Å². The first-order chi connectivity index (χ1) is 9.15. The van der Waals surface area contributed by atoms with E-state index < -0.39 is 0 Å². The fourth-order valence-electron chi connectivity index (χ4n) is 2.37. The van der Waals surface area contributed by atoms with Crippen molar-refractivity contribution in [1.82, 2.24) is 10.1 Å². The van der Waals surface area contributed by atoms with Gasteiger partial charge >= 0.3 is 0 Å². The highest BCUT2D eigenvalue weighted by Crippen LogP contribution is 2.09. The van der Waals surface area contributed by atoms with Crippen molar-refractivity contribution >= 4 is 5.78 Å². The molecule has 0 radical (unpaired) electrons. The molecule has 0 aliphatic carbocycles. The number of nitrogens with zero attached hydrogens (tertiary/aromatic N) is 3. The summed E-state index contributed by atoms with van der Waals surface area (Å²) in [6.45, 7) is 10.9. The van der Waals surface area contributed by atoms with Crippen molar-refractivity contribution in [3.8, 4) is 0 Å². The fourth-order valence-corrected chi connectivity index (χ4v) is 2.37. The molecule has 0 saturated heterocycles. The molecule has 0 aliphatic heterocycles. The van der Waals surface area contributed by atoms with Gasteiger partial charge in [0.1, 0.15) is 5.78 Å². The second kappa shape index (κ2) is 8.04. The fraction of sp³-hybridized carbons (Fsp3) is 0.786. The zero-order chi connectivity index (χ0) is 14.1. The molecule has 1 aromatic heterocycles. The Labute approximate surface area is 115 Å². The molecule has 0 spiro atoms. The van der Waals surface area contributed by atoms with Gasteiger partial charge in [0.05, 0.1) is 32.6 Å². The van der Waals surface area contributed by atoms with E-state index in [1.165, 1.54) is 6.33 Å². The van der Waals surface area contributed by atoms with Gasteiger partial charge in [-0.25, -0.2) is 0 Å². The van der Waals surface area contributed by atoms with E-state index in [0.29, 0.717) is 30.9 Å². The molecule has 1 rings (SSSR count). The highest BCUT2D eigenvalue weighted by atomic mass is 16.5. The van der Waals surface area contributed by atoms with Gasteiger partial charge in [-0.15, -0.1) is 0 Å². The number of aromatic nitrogens is 2. The van der Waals surface area contributed by atoms with Crippen LogP contribution in [0, 0.1) is 0 Å². The highest BCUT2D eigenvalue weighted by Gasteiger charge is 2.21. The first-order valence-electron chi connectivity index (χ1n) is 7.28. The van der Waals surface area contributed by atoms with Crippen LogP contribution in [-0.2, 0) is 11.2 Å². The monoisotopic (exact) mass is 268 g/mol.